The molecule has 6 heteroatoms. The van der Waals surface area contributed by atoms with Crippen LogP contribution in [0.5, 0.6) is 0 Å². The van der Waals surface area contributed by atoms with E-state index in [-0.39, 0.29) is 5.91 Å². The van der Waals surface area contributed by atoms with E-state index in [1.165, 1.54) is 37.8 Å². The molecule has 3 heterocycles. The number of nitrogens with zero attached hydrogens (tertiary/aromatic N) is 3. The Hall–Kier alpha value is -2.76. The van der Waals surface area contributed by atoms with Crippen molar-refractivity contribution >= 4 is 23.7 Å². The first-order valence-electron chi connectivity index (χ1n) is 9.83. The lowest BCUT2D eigenvalue weighted by atomic mass is 10.1. The number of nitrogens with one attached hydrogen (secondary N) is 1. The van der Waals surface area contributed by atoms with Gasteiger partial charge in [0.25, 0.3) is 5.91 Å². The standard InChI is InChI=1S/C21H26N4O2/c26-21(17-6-8-18(9-7-17)24-12-4-5-13-24)23-22-16-19-10-11-20(27-19)25-14-2-1-3-15-25/h6-11,16H,1-5,12-15H2,(H,23,26)/b22-16-. The Balaban J connectivity index is 1.31. The van der Waals surface area contributed by atoms with Gasteiger partial charge in [0.05, 0.1) is 6.21 Å². The molecular weight excluding hydrogens is 340 g/mol. The molecule has 27 heavy (non-hydrogen) atoms. The number of hydrazone groups is 1. The summed E-state index contributed by atoms with van der Waals surface area (Å²) in [5.74, 6) is 1.29. The molecule has 1 N–H and O–H groups in total. The average Bonchev–Trinajstić information content (AvgIpc) is 3.41. The Bertz CT molecular complexity index is 785. The second-order valence-corrected chi connectivity index (χ2v) is 7.16. The third-order valence-electron chi connectivity index (χ3n) is 5.24. The monoisotopic (exact) mass is 366 g/mol. The summed E-state index contributed by atoms with van der Waals surface area (Å²) in [7, 11) is 0. The molecule has 1 amide bonds. The zero-order chi connectivity index (χ0) is 18.5. The summed E-state index contributed by atoms with van der Waals surface area (Å²) < 4.78 is 5.80. The lowest BCUT2D eigenvalue weighted by Crippen LogP contribution is -2.28. The van der Waals surface area contributed by atoms with Crippen molar-refractivity contribution in [1.82, 2.24) is 5.43 Å². The largest absolute Gasteiger partial charge is 0.440 e. The maximum absolute atomic E-state index is 12.2. The molecule has 2 aromatic rings. The van der Waals surface area contributed by atoms with Crippen LogP contribution in [0.1, 0.15) is 48.2 Å². The lowest BCUT2D eigenvalue weighted by molar-refractivity contribution is 0.0955. The Morgan fingerprint density at radius 3 is 2.30 bits per heavy atom. The van der Waals surface area contributed by atoms with Crippen molar-refractivity contribution in [1.29, 1.82) is 0 Å². The molecule has 0 radical (unpaired) electrons. The average molecular weight is 366 g/mol. The topological polar surface area (TPSA) is 61.1 Å². The van der Waals surface area contributed by atoms with Gasteiger partial charge in [0.15, 0.2) is 5.88 Å². The Morgan fingerprint density at radius 2 is 1.56 bits per heavy atom. The molecular formula is C21H26N4O2. The highest BCUT2D eigenvalue weighted by Gasteiger charge is 2.14. The molecule has 0 unspecified atom stereocenters. The van der Waals surface area contributed by atoms with Crippen LogP contribution in [0.2, 0.25) is 0 Å². The van der Waals surface area contributed by atoms with Crippen molar-refractivity contribution < 1.29 is 9.21 Å². The minimum atomic E-state index is -0.220. The van der Waals surface area contributed by atoms with E-state index in [4.69, 9.17) is 4.42 Å². The van der Waals surface area contributed by atoms with Crippen molar-refractivity contribution in [3.05, 3.63) is 47.7 Å². The molecule has 2 aliphatic heterocycles. The number of amides is 1. The fourth-order valence-electron chi connectivity index (χ4n) is 3.71. The molecule has 0 spiro atoms. The summed E-state index contributed by atoms with van der Waals surface area (Å²) in [6.45, 7) is 4.26. The lowest BCUT2D eigenvalue weighted by Gasteiger charge is -2.25. The minimum absolute atomic E-state index is 0.220. The van der Waals surface area contributed by atoms with Crippen LogP contribution >= 0.6 is 0 Å². The highest BCUT2D eigenvalue weighted by molar-refractivity contribution is 5.95. The van der Waals surface area contributed by atoms with E-state index in [2.05, 4.69) is 20.3 Å². The quantitative estimate of drug-likeness (QED) is 0.648. The van der Waals surface area contributed by atoms with Crippen LogP contribution < -0.4 is 15.2 Å². The van der Waals surface area contributed by atoms with Crippen molar-refractivity contribution in [2.75, 3.05) is 36.0 Å². The predicted molar refractivity (Wildman–Crippen MR) is 108 cm³/mol. The van der Waals surface area contributed by atoms with Gasteiger partial charge in [-0.15, -0.1) is 0 Å². The number of rotatable bonds is 5. The van der Waals surface area contributed by atoms with Crippen LogP contribution in [0.25, 0.3) is 0 Å². The van der Waals surface area contributed by atoms with Crippen LogP contribution in [-0.4, -0.2) is 38.3 Å². The van der Waals surface area contributed by atoms with E-state index in [9.17, 15) is 4.79 Å². The maximum Gasteiger partial charge on any atom is 0.271 e. The van der Waals surface area contributed by atoms with Gasteiger partial charge in [-0.1, -0.05) is 0 Å². The minimum Gasteiger partial charge on any atom is -0.440 e. The number of carbonyl (C=O) groups is 1. The molecule has 0 atom stereocenters. The van der Waals surface area contributed by atoms with E-state index in [1.807, 2.05) is 36.4 Å². The van der Waals surface area contributed by atoms with E-state index in [0.29, 0.717) is 11.3 Å². The van der Waals surface area contributed by atoms with E-state index in [1.54, 1.807) is 6.21 Å². The zero-order valence-corrected chi connectivity index (χ0v) is 15.6. The smallest absolute Gasteiger partial charge is 0.271 e. The van der Waals surface area contributed by atoms with Crippen molar-refractivity contribution in [2.45, 2.75) is 32.1 Å². The molecule has 2 saturated heterocycles. The number of furan rings is 1. The number of carbonyl (C=O) groups excluding carboxylic acids is 1. The molecule has 4 rings (SSSR count). The first-order chi connectivity index (χ1) is 13.3. The summed E-state index contributed by atoms with van der Waals surface area (Å²) in [4.78, 5) is 16.8. The molecule has 0 aliphatic carbocycles. The second kappa shape index (κ2) is 8.29. The second-order valence-electron chi connectivity index (χ2n) is 7.16. The van der Waals surface area contributed by atoms with Gasteiger partial charge < -0.3 is 14.2 Å². The number of hydrogen-bond donors (Lipinski definition) is 1. The van der Waals surface area contributed by atoms with Crippen LogP contribution in [0.4, 0.5) is 11.6 Å². The zero-order valence-electron chi connectivity index (χ0n) is 15.6. The van der Waals surface area contributed by atoms with Crippen LogP contribution in [0.3, 0.4) is 0 Å². The molecule has 2 fully saturated rings. The fraction of sp³-hybridized carbons (Fsp3) is 0.429. The van der Waals surface area contributed by atoms with Crippen LogP contribution in [0.15, 0.2) is 45.9 Å². The summed E-state index contributed by atoms with van der Waals surface area (Å²) in [6.07, 6.45) is 7.72. The Kier molecular flexibility index (Phi) is 5.42. The van der Waals surface area contributed by atoms with Crippen molar-refractivity contribution in [3.8, 4) is 0 Å². The van der Waals surface area contributed by atoms with Gasteiger partial charge >= 0.3 is 0 Å². The van der Waals surface area contributed by atoms with Gasteiger partial charge in [-0.3, -0.25) is 4.79 Å². The van der Waals surface area contributed by atoms with Gasteiger partial charge in [0, 0.05) is 43.5 Å². The molecule has 0 saturated carbocycles. The summed E-state index contributed by atoms with van der Waals surface area (Å²) in [6, 6.07) is 11.5. The number of benzene rings is 1. The molecule has 1 aromatic heterocycles. The summed E-state index contributed by atoms with van der Waals surface area (Å²) >= 11 is 0. The molecule has 6 nitrogen and oxygen atoms in total. The van der Waals surface area contributed by atoms with Gasteiger partial charge in [-0.2, -0.15) is 5.10 Å². The highest BCUT2D eigenvalue weighted by Crippen LogP contribution is 2.22. The fourth-order valence-corrected chi connectivity index (χ4v) is 3.71. The normalized spacial score (nSPS) is 17.6. The summed E-state index contributed by atoms with van der Waals surface area (Å²) in [5.41, 5.74) is 4.34. The molecule has 1 aromatic carbocycles. The van der Waals surface area contributed by atoms with Crippen LogP contribution in [0, 0.1) is 0 Å². The number of piperidine rings is 1. The van der Waals surface area contributed by atoms with Gasteiger partial charge in [-0.25, -0.2) is 5.43 Å². The predicted octanol–water partition coefficient (Wildman–Crippen LogP) is 3.63. The number of anilines is 2. The van der Waals surface area contributed by atoms with Crippen LogP contribution in [-0.2, 0) is 0 Å². The van der Waals surface area contributed by atoms with Gasteiger partial charge in [0.2, 0.25) is 0 Å². The molecule has 142 valence electrons. The van der Waals surface area contributed by atoms with E-state index < -0.39 is 0 Å². The first kappa shape index (κ1) is 17.6. The maximum atomic E-state index is 12.2. The molecule has 2 aliphatic rings. The summed E-state index contributed by atoms with van der Waals surface area (Å²) in [5, 5.41) is 4.03. The third-order valence-corrected chi connectivity index (χ3v) is 5.24. The van der Waals surface area contributed by atoms with E-state index in [0.717, 1.165) is 32.1 Å². The Morgan fingerprint density at radius 1 is 0.889 bits per heavy atom. The van der Waals surface area contributed by atoms with Crippen molar-refractivity contribution in [3.63, 3.8) is 0 Å². The van der Waals surface area contributed by atoms with Gasteiger partial charge in [0.1, 0.15) is 5.76 Å². The number of hydrogen-bond acceptors (Lipinski definition) is 5. The SMILES string of the molecule is O=C(N/N=C\c1ccc(N2CCCCC2)o1)c1ccc(N2CCCC2)cc1. The molecule has 0 bridgehead atoms. The van der Waals surface area contributed by atoms with Crippen molar-refractivity contribution in [2.24, 2.45) is 5.10 Å². The Labute approximate surface area is 159 Å². The van der Waals surface area contributed by atoms with E-state index >= 15 is 0 Å². The third kappa shape index (κ3) is 4.32. The first-order valence-corrected chi connectivity index (χ1v) is 9.83. The highest BCUT2D eigenvalue weighted by atomic mass is 16.4. The van der Waals surface area contributed by atoms with Gasteiger partial charge in [-0.05, 0) is 62.4 Å².